The number of hydrogen-bond donors (Lipinski definition) is 2. The first kappa shape index (κ1) is 17.4. The van der Waals surface area contributed by atoms with E-state index < -0.39 is 11.9 Å². The van der Waals surface area contributed by atoms with E-state index in [0.717, 1.165) is 21.0 Å². The average molecular weight is 356 g/mol. The standard InChI is InChI=1S/C19H20N2O3S/c1-13-11-16(25-15-5-3-2-4-6-15)7-8-17(13)20-19(24)21-10-9-14(12-21)18(22)23/h2-8,11,14H,9-10,12H2,1H3,(H,20,24)(H,22,23). The minimum atomic E-state index is -0.839. The maximum absolute atomic E-state index is 12.3. The Morgan fingerprint density at radius 1 is 1.16 bits per heavy atom. The zero-order chi connectivity index (χ0) is 17.8. The largest absolute Gasteiger partial charge is 0.481 e. The molecule has 6 heteroatoms. The van der Waals surface area contributed by atoms with Crippen LogP contribution in [0, 0.1) is 12.8 Å². The van der Waals surface area contributed by atoms with Crippen LogP contribution in [0.2, 0.25) is 0 Å². The zero-order valence-electron chi connectivity index (χ0n) is 13.9. The number of hydrogen-bond acceptors (Lipinski definition) is 3. The first-order valence-electron chi connectivity index (χ1n) is 8.15. The van der Waals surface area contributed by atoms with Crippen LogP contribution in [0.5, 0.6) is 0 Å². The van der Waals surface area contributed by atoms with Crippen molar-refractivity contribution < 1.29 is 14.7 Å². The van der Waals surface area contributed by atoms with Gasteiger partial charge in [-0.1, -0.05) is 30.0 Å². The second kappa shape index (κ2) is 7.61. The van der Waals surface area contributed by atoms with Crippen LogP contribution in [0.25, 0.3) is 0 Å². The maximum Gasteiger partial charge on any atom is 0.321 e. The Balaban J connectivity index is 1.63. The molecule has 0 aromatic heterocycles. The first-order valence-corrected chi connectivity index (χ1v) is 8.97. The predicted octanol–water partition coefficient (Wildman–Crippen LogP) is 4.08. The first-order chi connectivity index (χ1) is 12.0. The topological polar surface area (TPSA) is 69.6 Å². The molecule has 0 spiro atoms. The summed E-state index contributed by atoms with van der Waals surface area (Å²) in [5, 5.41) is 11.9. The van der Waals surface area contributed by atoms with Crippen molar-refractivity contribution in [2.24, 2.45) is 5.92 Å². The van der Waals surface area contributed by atoms with Gasteiger partial charge in [0, 0.05) is 28.6 Å². The Bertz CT molecular complexity index is 779. The number of urea groups is 1. The highest BCUT2D eigenvalue weighted by atomic mass is 32.2. The van der Waals surface area contributed by atoms with Gasteiger partial charge in [-0.25, -0.2) is 4.79 Å². The minimum absolute atomic E-state index is 0.240. The van der Waals surface area contributed by atoms with Crippen molar-refractivity contribution >= 4 is 29.4 Å². The molecule has 2 amide bonds. The second-order valence-electron chi connectivity index (χ2n) is 6.09. The normalized spacial score (nSPS) is 16.7. The van der Waals surface area contributed by atoms with Crippen LogP contribution in [-0.4, -0.2) is 35.1 Å². The average Bonchev–Trinajstić information content (AvgIpc) is 3.09. The lowest BCUT2D eigenvalue weighted by molar-refractivity contribution is -0.141. The van der Waals surface area contributed by atoms with Crippen molar-refractivity contribution in [1.29, 1.82) is 0 Å². The highest BCUT2D eigenvalue weighted by molar-refractivity contribution is 7.99. The molecule has 1 aliphatic rings. The maximum atomic E-state index is 12.3. The van der Waals surface area contributed by atoms with Crippen LogP contribution in [0.3, 0.4) is 0 Å². The summed E-state index contributed by atoms with van der Waals surface area (Å²) in [6.07, 6.45) is 0.508. The van der Waals surface area contributed by atoms with E-state index in [0.29, 0.717) is 13.0 Å². The van der Waals surface area contributed by atoms with Crippen LogP contribution in [0.4, 0.5) is 10.5 Å². The summed E-state index contributed by atoms with van der Waals surface area (Å²) in [6.45, 7) is 2.70. The molecule has 1 saturated heterocycles. The molecule has 130 valence electrons. The van der Waals surface area contributed by atoms with Crippen LogP contribution >= 0.6 is 11.8 Å². The van der Waals surface area contributed by atoms with Gasteiger partial charge in [-0.15, -0.1) is 0 Å². The van der Waals surface area contributed by atoms with Gasteiger partial charge in [0.15, 0.2) is 0 Å². The highest BCUT2D eigenvalue weighted by Crippen LogP contribution is 2.30. The quantitative estimate of drug-likeness (QED) is 0.866. The Kier molecular flexibility index (Phi) is 5.28. The van der Waals surface area contributed by atoms with E-state index in [1.54, 1.807) is 16.7 Å². The summed E-state index contributed by atoms with van der Waals surface area (Å²) in [5.74, 6) is -1.30. The SMILES string of the molecule is Cc1cc(Sc2ccccc2)ccc1NC(=O)N1CCC(C(=O)O)C1. The molecule has 0 radical (unpaired) electrons. The number of carboxylic acids is 1. The third-order valence-electron chi connectivity index (χ3n) is 4.24. The summed E-state index contributed by atoms with van der Waals surface area (Å²) in [6, 6.07) is 15.8. The number of anilines is 1. The number of likely N-dealkylation sites (tertiary alicyclic amines) is 1. The van der Waals surface area contributed by atoms with Gasteiger partial charge < -0.3 is 15.3 Å². The summed E-state index contributed by atoms with van der Waals surface area (Å²) in [4.78, 5) is 27.2. The molecule has 2 N–H and O–H groups in total. The van der Waals surface area contributed by atoms with Crippen LogP contribution < -0.4 is 5.32 Å². The lowest BCUT2D eigenvalue weighted by Crippen LogP contribution is -2.34. The van der Waals surface area contributed by atoms with E-state index in [1.165, 1.54) is 0 Å². The number of carboxylic acid groups (broad SMARTS) is 1. The van der Waals surface area contributed by atoms with E-state index >= 15 is 0 Å². The van der Waals surface area contributed by atoms with Gasteiger partial charge >= 0.3 is 12.0 Å². The zero-order valence-corrected chi connectivity index (χ0v) is 14.8. The number of nitrogens with zero attached hydrogens (tertiary/aromatic N) is 1. The van der Waals surface area contributed by atoms with E-state index in [-0.39, 0.29) is 12.6 Å². The molecule has 1 unspecified atom stereocenters. The van der Waals surface area contributed by atoms with Crippen molar-refractivity contribution in [2.45, 2.75) is 23.1 Å². The molecule has 1 heterocycles. The number of benzene rings is 2. The van der Waals surface area contributed by atoms with Gasteiger partial charge in [-0.3, -0.25) is 4.79 Å². The van der Waals surface area contributed by atoms with E-state index in [4.69, 9.17) is 5.11 Å². The lowest BCUT2D eigenvalue weighted by atomic mass is 10.1. The predicted molar refractivity (Wildman–Crippen MR) is 98.1 cm³/mol. The molecule has 2 aromatic carbocycles. The van der Waals surface area contributed by atoms with Crippen molar-refractivity contribution in [1.82, 2.24) is 4.90 Å². The molecule has 25 heavy (non-hydrogen) atoms. The van der Waals surface area contributed by atoms with Crippen molar-refractivity contribution in [3.8, 4) is 0 Å². The highest BCUT2D eigenvalue weighted by Gasteiger charge is 2.30. The van der Waals surface area contributed by atoms with Gasteiger partial charge in [-0.05, 0) is 49.2 Å². The number of amides is 2. The third-order valence-corrected chi connectivity index (χ3v) is 5.24. The summed E-state index contributed by atoms with van der Waals surface area (Å²) in [5.41, 5.74) is 1.73. The summed E-state index contributed by atoms with van der Waals surface area (Å²) < 4.78 is 0. The number of nitrogens with one attached hydrogen (secondary N) is 1. The van der Waals surface area contributed by atoms with Crippen molar-refractivity contribution in [3.05, 3.63) is 54.1 Å². The molecule has 3 rings (SSSR count). The molecule has 1 aliphatic heterocycles. The van der Waals surface area contributed by atoms with Crippen LogP contribution in [0.1, 0.15) is 12.0 Å². The minimum Gasteiger partial charge on any atom is -0.481 e. The Morgan fingerprint density at radius 2 is 1.92 bits per heavy atom. The molecule has 2 aromatic rings. The molecule has 1 fully saturated rings. The second-order valence-corrected chi connectivity index (χ2v) is 7.24. The van der Waals surface area contributed by atoms with Crippen molar-refractivity contribution in [3.63, 3.8) is 0 Å². The van der Waals surface area contributed by atoms with Crippen LogP contribution in [0.15, 0.2) is 58.3 Å². The van der Waals surface area contributed by atoms with E-state index in [2.05, 4.69) is 17.4 Å². The van der Waals surface area contributed by atoms with Crippen LogP contribution in [-0.2, 0) is 4.79 Å². The van der Waals surface area contributed by atoms with Gasteiger partial charge in [0.1, 0.15) is 0 Å². The molecular formula is C19H20N2O3S. The fraction of sp³-hybridized carbons (Fsp3) is 0.263. The number of aliphatic carboxylic acids is 1. The van der Waals surface area contributed by atoms with Crippen molar-refractivity contribution in [2.75, 3.05) is 18.4 Å². The Labute approximate surface area is 151 Å². The van der Waals surface area contributed by atoms with Gasteiger partial charge in [0.25, 0.3) is 0 Å². The Morgan fingerprint density at radius 3 is 2.56 bits per heavy atom. The number of rotatable bonds is 4. The lowest BCUT2D eigenvalue weighted by Gasteiger charge is -2.18. The Hall–Kier alpha value is -2.47. The molecule has 0 bridgehead atoms. The van der Waals surface area contributed by atoms with E-state index in [1.807, 2.05) is 43.3 Å². The fourth-order valence-electron chi connectivity index (χ4n) is 2.81. The van der Waals surface area contributed by atoms with Gasteiger partial charge in [0.2, 0.25) is 0 Å². The monoisotopic (exact) mass is 356 g/mol. The molecule has 5 nitrogen and oxygen atoms in total. The summed E-state index contributed by atoms with van der Waals surface area (Å²) in [7, 11) is 0. The van der Waals surface area contributed by atoms with Gasteiger partial charge in [-0.2, -0.15) is 0 Å². The number of aryl methyl sites for hydroxylation is 1. The van der Waals surface area contributed by atoms with Gasteiger partial charge in [0.05, 0.1) is 5.92 Å². The molecule has 1 atom stereocenters. The third kappa shape index (κ3) is 4.33. The molecule has 0 saturated carbocycles. The summed E-state index contributed by atoms with van der Waals surface area (Å²) >= 11 is 1.67. The molecule has 0 aliphatic carbocycles. The number of carbonyl (C=O) groups is 2. The fourth-order valence-corrected chi connectivity index (χ4v) is 3.74. The van der Waals surface area contributed by atoms with E-state index in [9.17, 15) is 9.59 Å². The number of carbonyl (C=O) groups excluding carboxylic acids is 1. The smallest absolute Gasteiger partial charge is 0.321 e. The molecular weight excluding hydrogens is 336 g/mol.